The van der Waals surface area contributed by atoms with Crippen LogP contribution < -0.4 is 0 Å². The van der Waals surface area contributed by atoms with E-state index in [1.165, 1.54) is 0 Å². The van der Waals surface area contributed by atoms with Gasteiger partial charge < -0.3 is 0 Å². The summed E-state index contributed by atoms with van der Waals surface area (Å²) in [6, 6.07) is 9.83. The van der Waals surface area contributed by atoms with Crippen molar-refractivity contribution >= 4 is 23.1 Å². The molecule has 0 N–H and O–H groups in total. The first-order valence-electron chi connectivity index (χ1n) is 5.58. The molecule has 0 atom stereocenters. The second-order valence-electron chi connectivity index (χ2n) is 3.72. The molecule has 0 aliphatic heterocycles. The van der Waals surface area contributed by atoms with Crippen molar-refractivity contribution in [1.29, 1.82) is 0 Å². The van der Waals surface area contributed by atoms with Gasteiger partial charge in [-0.2, -0.15) is 4.68 Å². The minimum Gasteiger partial charge on any atom is -0.196 e. The standard InChI is InChI=1S/C11H10N6S2/c1-8-12-14-11(19-8)18-7-10-13-15-16-17(10)9-5-3-2-4-6-9/h2-6H,7H2,1H3. The summed E-state index contributed by atoms with van der Waals surface area (Å²) in [5.74, 6) is 1.46. The molecule has 0 spiro atoms. The van der Waals surface area contributed by atoms with Gasteiger partial charge in [0.05, 0.1) is 11.4 Å². The van der Waals surface area contributed by atoms with Gasteiger partial charge in [0, 0.05) is 0 Å². The molecule has 3 rings (SSSR count). The summed E-state index contributed by atoms with van der Waals surface area (Å²) in [5.41, 5.74) is 0.955. The molecule has 0 radical (unpaired) electrons. The van der Waals surface area contributed by atoms with Crippen LogP contribution in [-0.4, -0.2) is 30.4 Å². The van der Waals surface area contributed by atoms with Crippen LogP contribution in [0.2, 0.25) is 0 Å². The quantitative estimate of drug-likeness (QED) is 0.685. The molecular formula is C11H10N6S2. The van der Waals surface area contributed by atoms with Crippen molar-refractivity contribution in [3.8, 4) is 5.69 Å². The number of benzene rings is 1. The zero-order valence-electron chi connectivity index (χ0n) is 10.1. The van der Waals surface area contributed by atoms with E-state index in [0.717, 1.165) is 20.9 Å². The summed E-state index contributed by atoms with van der Waals surface area (Å²) >= 11 is 3.16. The van der Waals surface area contributed by atoms with Gasteiger partial charge in [-0.1, -0.05) is 41.3 Å². The monoisotopic (exact) mass is 290 g/mol. The Labute approximate surface area is 117 Å². The van der Waals surface area contributed by atoms with E-state index in [-0.39, 0.29) is 0 Å². The minimum atomic E-state index is 0.663. The average molecular weight is 290 g/mol. The molecule has 0 amide bonds. The highest BCUT2D eigenvalue weighted by Crippen LogP contribution is 2.25. The van der Waals surface area contributed by atoms with Crippen LogP contribution in [0.25, 0.3) is 5.69 Å². The van der Waals surface area contributed by atoms with Crippen LogP contribution >= 0.6 is 23.1 Å². The molecular weight excluding hydrogens is 280 g/mol. The molecule has 2 heterocycles. The fourth-order valence-electron chi connectivity index (χ4n) is 1.53. The predicted molar refractivity (Wildman–Crippen MR) is 73.4 cm³/mol. The lowest BCUT2D eigenvalue weighted by molar-refractivity contribution is 0.777. The lowest BCUT2D eigenvalue weighted by atomic mass is 10.3. The van der Waals surface area contributed by atoms with Gasteiger partial charge in [0.1, 0.15) is 5.01 Å². The van der Waals surface area contributed by atoms with Crippen LogP contribution in [0.4, 0.5) is 0 Å². The molecule has 0 fully saturated rings. The molecule has 8 heteroatoms. The number of thioether (sulfide) groups is 1. The third-order valence-corrected chi connectivity index (χ3v) is 4.34. The van der Waals surface area contributed by atoms with E-state index in [1.54, 1.807) is 27.8 Å². The van der Waals surface area contributed by atoms with Gasteiger partial charge >= 0.3 is 0 Å². The van der Waals surface area contributed by atoms with Crippen molar-refractivity contribution < 1.29 is 0 Å². The molecule has 3 aromatic rings. The Hall–Kier alpha value is -1.80. The van der Waals surface area contributed by atoms with E-state index >= 15 is 0 Å². The van der Waals surface area contributed by atoms with Gasteiger partial charge in [-0.05, 0) is 29.5 Å². The summed E-state index contributed by atoms with van der Waals surface area (Å²) in [6.07, 6.45) is 0. The van der Waals surface area contributed by atoms with Crippen molar-refractivity contribution in [2.24, 2.45) is 0 Å². The van der Waals surface area contributed by atoms with E-state index < -0.39 is 0 Å². The topological polar surface area (TPSA) is 69.4 Å². The second-order valence-corrected chi connectivity index (χ2v) is 6.12. The highest BCUT2D eigenvalue weighted by Gasteiger charge is 2.10. The average Bonchev–Trinajstić information content (AvgIpc) is 3.06. The van der Waals surface area contributed by atoms with Crippen LogP contribution in [0.5, 0.6) is 0 Å². The number of tetrazole rings is 1. The Balaban J connectivity index is 1.77. The van der Waals surface area contributed by atoms with Crippen LogP contribution in [-0.2, 0) is 5.75 Å². The van der Waals surface area contributed by atoms with Crippen molar-refractivity contribution in [2.75, 3.05) is 0 Å². The largest absolute Gasteiger partial charge is 0.196 e. The van der Waals surface area contributed by atoms with Crippen LogP contribution in [0.1, 0.15) is 10.8 Å². The lowest BCUT2D eigenvalue weighted by Gasteiger charge is -2.02. The number of rotatable bonds is 4. The van der Waals surface area contributed by atoms with E-state index in [2.05, 4.69) is 25.7 Å². The summed E-state index contributed by atoms with van der Waals surface area (Å²) in [7, 11) is 0. The van der Waals surface area contributed by atoms with E-state index in [1.807, 2.05) is 37.3 Å². The SMILES string of the molecule is Cc1nnc(SCc2nnnn2-c2ccccc2)s1. The number of nitrogens with zero attached hydrogens (tertiary/aromatic N) is 6. The third-order valence-electron chi connectivity index (χ3n) is 2.37. The van der Waals surface area contributed by atoms with Gasteiger partial charge in [0.15, 0.2) is 10.2 Å². The summed E-state index contributed by atoms with van der Waals surface area (Å²) in [5, 5.41) is 20.8. The minimum absolute atomic E-state index is 0.663. The zero-order valence-corrected chi connectivity index (χ0v) is 11.7. The van der Waals surface area contributed by atoms with E-state index in [9.17, 15) is 0 Å². The number of aryl methyl sites for hydroxylation is 1. The van der Waals surface area contributed by atoms with E-state index in [4.69, 9.17) is 0 Å². The Morgan fingerprint density at radius 1 is 1.16 bits per heavy atom. The van der Waals surface area contributed by atoms with Crippen molar-refractivity contribution in [1.82, 2.24) is 30.4 Å². The number of aromatic nitrogens is 6. The fraction of sp³-hybridized carbons (Fsp3) is 0.182. The first kappa shape index (κ1) is 12.2. The third kappa shape index (κ3) is 2.79. The predicted octanol–water partition coefficient (Wildman–Crippen LogP) is 2.11. The molecule has 2 aromatic heterocycles. The molecule has 19 heavy (non-hydrogen) atoms. The second kappa shape index (κ2) is 5.45. The number of para-hydroxylation sites is 1. The molecule has 96 valence electrons. The smallest absolute Gasteiger partial charge is 0.174 e. The maximum atomic E-state index is 4.07. The van der Waals surface area contributed by atoms with Gasteiger partial charge in [0.25, 0.3) is 0 Å². The van der Waals surface area contributed by atoms with Crippen LogP contribution in [0.15, 0.2) is 34.7 Å². The molecule has 0 aliphatic rings. The summed E-state index contributed by atoms with van der Waals surface area (Å²) < 4.78 is 2.67. The summed E-state index contributed by atoms with van der Waals surface area (Å²) in [6.45, 7) is 1.94. The molecule has 0 saturated carbocycles. The van der Waals surface area contributed by atoms with Gasteiger partial charge in [-0.15, -0.1) is 15.3 Å². The molecule has 0 bridgehead atoms. The molecule has 0 aliphatic carbocycles. The van der Waals surface area contributed by atoms with Crippen molar-refractivity contribution in [2.45, 2.75) is 17.0 Å². The first-order valence-corrected chi connectivity index (χ1v) is 7.39. The van der Waals surface area contributed by atoms with Crippen LogP contribution in [0, 0.1) is 6.92 Å². The van der Waals surface area contributed by atoms with Gasteiger partial charge in [-0.3, -0.25) is 0 Å². The van der Waals surface area contributed by atoms with Gasteiger partial charge in [-0.25, -0.2) is 0 Å². The van der Waals surface area contributed by atoms with Crippen molar-refractivity contribution in [3.63, 3.8) is 0 Å². The molecule has 0 saturated heterocycles. The Morgan fingerprint density at radius 3 is 2.74 bits per heavy atom. The lowest BCUT2D eigenvalue weighted by Crippen LogP contribution is -2.01. The molecule has 0 unspecified atom stereocenters. The van der Waals surface area contributed by atoms with E-state index in [0.29, 0.717) is 5.75 Å². The Bertz CT molecular complexity index is 663. The number of hydrogen-bond acceptors (Lipinski definition) is 7. The maximum Gasteiger partial charge on any atom is 0.174 e. The van der Waals surface area contributed by atoms with Gasteiger partial charge in [0.2, 0.25) is 0 Å². The highest BCUT2D eigenvalue weighted by molar-refractivity contribution is 8.00. The maximum absolute atomic E-state index is 4.07. The first-order chi connectivity index (χ1) is 9.33. The molecule has 6 nitrogen and oxygen atoms in total. The Kier molecular flexibility index (Phi) is 3.51. The Morgan fingerprint density at radius 2 is 2.00 bits per heavy atom. The molecule has 1 aromatic carbocycles. The number of hydrogen-bond donors (Lipinski definition) is 0. The summed E-state index contributed by atoms with van der Waals surface area (Å²) in [4.78, 5) is 0. The zero-order chi connectivity index (χ0) is 13.1. The fourth-order valence-corrected chi connectivity index (χ4v) is 3.25. The van der Waals surface area contributed by atoms with Crippen molar-refractivity contribution in [3.05, 3.63) is 41.2 Å². The van der Waals surface area contributed by atoms with Crippen LogP contribution in [0.3, 0.4) is 0 Å². The highest BCUT2D eigenvalue weighted by atomic mass is 32.2. The normalized spacial score (nSPS) is 10.8.